The van der Waals surface area contributed by atoms with E-state index in [1.54, 1.807) is 19.0 Å². The Hall–Kier alpha value is -1.49. The number of nitrogens with one attached hydrogen (secondary N) is 1. The minimum atomic E-state index is -0.807. The van der Waals surface area contributed by atoms with Crippen LogP contribution in [-0.2, 0) is 16.0 Å². The van der Waals surface area contributed by atoms with Crippen LogP contribution in [0.4, 0.5) is 0 Å². The van der Waals surface area contributed by atoms with E-state index in [9.17, 15) is 9.82 Å². The summed E-state index contributed by atoms with van der Waals surface area (Å²) in [6.45, 7) is 5.36. The predicted octanol–water partition coefficient (Wildman–Crippen LogP) is 1.07. The third kappa shape index (κ3) is 5.42. The monoisotopic (exact) mass is 308 g/mol. The van der Waals surface area contributed by atoms with Crippen molar-refractivity contribution in [3.05, 3.63) is 34.4 Å². The molecule has 0 aromatic heterocycles. The number of hydrogen-bond donors (Lipinski definition) is 2. The summed E-state index contributed by atoms with van der Waals surface area (Å²) in [5.74, 6) is -0.422. The molecule has 1 atom stereocenters. The lowest BCUT2D eigenvalue weighted by atomic mass is 9.85. The summed E-state index contributed by atoms with van der Waals surface area (Å²) in [5.41, 5.74) is 3.47. The number of hydrogen-bond acceptors (Lipinski definition) is 5. The van der Waals surface area contributed by atoms with Crippen molar-refractivity contribution in [2.45, 2.75) is 33.1 Å². The smallest absolute Gasteiger partial charge is 0.374 e. The predicted molar refractivity (Wildman–Crippen MR) is 87.5 cm³/mol. The molecule has 0 saturated carbocycles. The molecule has 2 N–H and O–H groups in total. The maximum atomic E-state index is 11.7. The number of nitrogens with zero attached hydrogens (tertiary/aromatic N) is 1. The highest BCUT2D eigenvalue weighted by molar-refractivity contribution is 7.59. The van der Waals surface area contributed by atoms with Crippen LogP contribution < -0.4 is 5.23 Å². The second-order valence-corrected chi connectivity index (χ2v) is 4.82. The minimum Gasteiger partial charge on any atom is -0.468 e. The fraction of sp³-hybridized carbons (Fsp3) is 0.429. The first-order chi connectivity index (χ1) is 9.38. The van der Waals surface area contributed by atoms with Gasteiger partial charge in [-0.2, -0.15) is 18.8 Å². The van der Waals surface area contributed by atoms with Crippen LogP contribution >= 0.6 is 13.5 Å². The van der Waals surface area contributed by atoms with Gasteiger partial charge in [0.2, 0.25) is 0 Å². The van der Waals surface area contributed by atoms with Crippen molar-refractivity contribution in [1.29, 1.82) is 5.26 Å². The van der Waals surface area contributed by atoms with E-state index < -0.39 is 19.1 Å². The van der Waals surface area contributed by atoms with Crippen LogP contribution in [0.2, 0.25) is 6.82 Å². The van der Waals surface area contributed by atoms with Gasteiger partial charge in [-0.15, -0.1) is 0 Å². The molecule has 0 aliphatic carbocycles. The number of rotatable bonds is 5. The molecule has 1 aromatic carbocycles. The van der Waals surface area contributed by atoms with Crippen LogP contribution in [-0.4, -0.2) is 31.2 Å². The first-order valence-electron chi connectivity index (χ1n) is 6.41. The number of carbonyl (C=O) groups is 1. The van der Waals surface area contributed by atoms with Crippen molar-refractivity contribution in [3.63, 3.8) is 0 Å². The largest absolute Gasteiger partial charge is 0.468 e. The molecule has 114 valence electrons. The van der Waals surface area contributed by atoms with Gasteiger partial charge < -0.3 is 15.0 Å². The topological polar surface area (TPSA) is 82.4 Å². The van der Waals surface area contributed by atoms with Crippen molar-refractivity contribution in [3.8, 4) is 6.07 Å². The summed E-state index contributed by atoms with van der Waals surface area (Å²) in [4.78, 5) is 11.7. The van der Waals surface area contributed by atoms with Gasteiger partial charge in [-0.3, -0.25) is 4.79 Å². The Labute approximate surface area is 132 Å². The van der Waals surface area contributed by atoms with Gasteiger partial charge in [0.15, 0.2) is 0 Å². The van der Waals surface area contributed by atoms with Gasteiger partial charge in [0.25, 0.3) is 0 Å². The van der Waals surface area contributed by atoms with E-state index in [1.165, 1.54) is 7.11 Å². The van der Waals surface area contributed by atoms with Crippen LogP contribution in [0, 0.1) is 25.2 Å². The molecule has 0 bridgehead atoms. The maximum absolute atomic E-state index is 11.7. The molecule has 0 aliphatic rings. The lowest BCUT2D eigenvalue weighted by Gasteiger charge is -2.19. The van der Waals surface area contributed by atoms with Gasteiger partial charge in [0.05, 0.1) is 18.7 Å². The number of benzene rings is 1. The van der Waals surface area contributed by atoms with E-state index in [0.29, 0.717) is 12.0 Å². The van der Waals surface area contributed by atoms with Crippen molar-refractivity contribution < 1.29 is 14.6 Å². The Kier molecular flexibility index (Phi) is 8.11. The minimum absolute atomic E-state index is 0. The molecule has 21 heavy (non-hydrogen) atoms. The van der Waals surface area contributed by atoms with E-state index in [1.807, 2.05) is 13.8 Å². The summed E-state index contributed by atoms with van der Waals surface area (Å²) in [5, 5.41) is 21.1. The van der Waals surface area contributed by atoms with Crippen LogP contribution in [0.5, 0.6) is 0 Å². The van der Waals surface area contributed by atoms with Crippen molar-refractivity contribution in [2.24, 2.45) is 0 Å². The molecule has 1 aromatic rings. The molecule has 5 nitrogen and oxygen atoms in total. The normalized spacial score (nSPS) is 11.0. The number of methoxy groups -OCH3 is 1. The zero-order valence-corrected chi connectivity index (χ0v) is 13.7. The van der Waals surface area contributed by atoms with Crippen LogP contribution in [0.25, 0.3) is 0 Å². The fourth-order valence-electron chi connectivity index (χ4n) is 2.23. The van der Waals surface area contributed by atoms with E-state index in [-0.39, 0.29) is 13.5 Å². The van der Waals surface area contributed by atoms with Crippen molar-refractivity contribution in [1.82, 2.24) is 5.23 Å². The SMILES string of the molecule is COC(=O)[C@H](Cc1c(C)cc(C#N)cc1C)NB(C)O.S. The zero-order chi connectivity index (χ0) is 15.3. The lowest BCUT2D eigenvalue weighted by Crippen LogP contribution is -2.46. The highest BCUT2D eigenvalue weighted by Gasteiger charge is 2.23. The number of nitriles is 1. The Balaban J connectivity index is 0.00000400. The molecule has 0 saturated heterocycles. The quantitative estimate of drug-likeness (QED) is 0.628. The maximum Gasteiger partial charge on any atom is 0.374 e. The van der Waals surface area contributed by atoms with E-state index >= 15 is 0 Å². The zero-order valence-electron chi connectivity index (χ0n) is 12.7. The molecule has 0 heterocycles. The Bertz CT molecular complexity index is 521. The highest BCUT2D eigenvalue weighted by Crippen LogP contribution is 2.18. The molecular weight excluding hydrogens is 287 g/mol. The molecule has 0 fully saturated rings. The van der Waals surface area contributed by atoms with Crippen LogP contribution in [0.1, 0.15) is 22.3 Å². The Morgan fingerprint density at radius 2 is 2.00 bits per heavy atom. The molecule has 7 heteroatoms. The third-order valence-corrected chi connectivity index (χ3v) is 3.16. The molecule has 1 rings (SSSR count). The van der Waals surface area contributed by atoms with E-state index in [4.69, 9.17) is 10.00 Å². The van der Waals surface area contributed by atoms with Crippen molar-refractivity contribution >= 4 is 26.5 Å². The van der Waals surface area contributed by atoms with Gasteiger partial charge >= 0.3 is 13.0 Å². The molecule has 0 aliphatic heterocycles. The number of aryl methyl sites for hydroxylation is 2. The highest BCUT2D eigenvalue weighted by atomic mass is 32.1. The lowest BCUT2D eigenvalue weighted by molar-refractivity contribution is -0.142. The van der Waals surface area contributed by atoms with Gasteiger partial charge in [0, 0.05) is 0 Å². The first kappa shape index (κ1) is 19.5. The number of carbonyl (C=O) groups excluding carboxylic acids is 1. The van der Waals surface area contributed by atoms with Gasteiger partial charge in [-0.05, 0) is 55.9 Å². The summed E-state index contributed by atoms with van der Waals surface area (Å²) >= 11 is 0. The van der Waals surface area contributed by atoms with Crippen LogP contribution in [0.3, 0.4) is 0 Å². The average Bonchev–Trinajstić information content (AvgIpc) is 2.39. The molecular formula is C14H21BN2O3S. The average molecular weight is 308 g/mol. The second kappa shape index (κ2) is 8.72. The summed E-state index contributed by atoms with van der Waals surface area (Å²) in [7, 11) is 0.510. The number of esters is 1. The summed E-state index contributed by atoms with van der Waals surface area (Å²) in [6, 6.07) is 5.07. The molecule has 0 radical (unpaired) electrons. The first-order valence-corrected chi connectivity index (χ1v) is 6.41. The van der Waals surface area contributed by atoms with Crippen LogP contribution in [0.15, 0.2) is 12.1 Å². The Morgan fingerprint density at radius 1 is 1.48 bits per heavy atom. The van der Waals surface area contributed by atoms with Gasteiger partial charge in [-0.25, -0.2) is 0 Å². The van der Waals surface area contributed by atoms with E-state index in [2.05, 4.69) is 11.3 Å². The molecule has 0 amide bonds. The van der Waals surface area contributed by atoms with Gasteiger partial charge in [-0.1, -0.05) is 0 Å². The molecule has 0 unspecified atom stereocenters. The standard InChI is InChI=1S/C14H19BN2O3.H2S/c1-9-5-11(8-16)6-10(2)12(9)7-13(14(18)20-4)17-15(3)19;/h5-6,13,17,19H,7H2,1-4H3;1H2/t13-;/m0./s1. The molecule has 0 spiro atoms. The second-order valence-electron chi connectivity index (χ2n) is 4.82. The van der Waals surface area contributed by atoms with Gasteiger partial charge in [0.1, 0.15) is 6.04 Å². The van der Waals surface area contributed by atoms with Crippen molar-refractivity contribution in [2.75, 3.05) is 7.11 Å². The Morgan fingerprint density at radius 3 is 2.38 bits per heavy atom. The fourth-order valence-corrected chi connectivity index (χ4v) is 2.23. The number of ether oxygens (including phenoxy) is 1. The van der Waals surface area contributed by atoms with E-state index in [0.717, 1.165) is 16.7 Å². The summed E-state index contributed by atoms with van der Waals surface area (Å²) < 4.78 is 4.75. The third-order valence-electron chi connectivity index (χ3n) is 3.16. The summed E-state index contributed by atoms with van der Waals surface area (Å²) in [6.07, 6.45) is 0.404.